The zero-order valence-corrected chi connectivity index (χ0v) is 19.9. The van der Waals surface area contributed by atoms with Crippen molar-refractivity contribution in [3.63, 3.8) is 0 Å². The molecule has 166 valence electrons. The highest BCUT2D eigenvalue weighted by Gasteiger charge is 2.38. The monoisotopic (exact) mass is 501 g/mol. The van der Waals surface area contributed by atoms with Crippen LogP contribution in [0.5, 0.6) is 0 Å². The molecule has 1 aromatic carbocycles. The Morgan fingerprint density at radius 2 is 2.03 bits per heavy atom. The Hall–Kier alpha value is -3.45. The summed E-state index contributed by atoms with van der Waals surface area (Å²) in [4.78, 5) is 20.6. The molecule has 0 spiro atoms. The number of imidazole rings is 1. The number of anilines is 1. The number of hydrogen-bond donors (Lipinski definition) is 2. The molecule has 1 fully saturated rings. The van der Waals surface area contributed by atoms with Crippen LogP contribution >= 0.6 is 15.9 Å². The minimum Gasteiger partial charge on any atom is -0.349 e. The van der Waals surface area contributed by atoms with Gasteiger partial charge < -0.3 is 10.6 Å². The van der Waals surface area contributed by atoms with E-state index in [1.165, 1.54) is 0 Å². The number of rotatable bonds is 6. The Bertz CT molecular complexity index is 1300. The van der Waals surface area contributed by atoms with Crippen molar-refractivity contribution < 1.29 is 4.79 Å². The summed E-state index contributed by atoms with van der Waals surface area (Å²) >= 11 is 3.71. The highest BCUT2D eigenvalue weighted by atomic mass is 79.9. The average Bonchev–Trinajstić information content (AvgIpc) is 3.07. The lowest BCUT2D eigenvalue weighted by molar-refractivity contribution is -0.112. The number of fused-ring (bicyclic) bond motifs is 3. The number of carbonyl (C=O) groups excluding carboxylic acids is 1. The van der Waals surface area contributed by atoms with E-state index in [1.807, 2.05) is 37.3 Å². The third kappa shape index (κ3) is 3.43. The van der Waals surface area contributed by atoms with E-state index in [0.717, 1.165) is 75.7 Å². The number of pyridine rings is 1. The maximum absolute atomic E-state index is 11.2. The summed E-state index contributed by atoms with van der Waals surface area (Å²) in [7, 11) is 0. The first-order chi connectivity index (χ1) is 16.1. The molecule has 0 unspecified atom stereocenters. The summed E-state index contributed by atoms with van der Waals surface area (Å²) in [6.45, 7) is 6.02. The van der Waals surface area contributed by atoms with Crippen LogP contribution in [0, 0.1) is 0 Å². The molecule has 2 N–H and O–H groups in total. The van der Waals surface area contributed by atoms with E-state index in [1.54, 1.807) is 6.20 Å². The van der Waals surface area contributed by atoms with Gasteiger partial charge >= 0.3 is 0 Å². The standard InChI is InChI=1S/C26H24BrN5O/c1-3-7-20-19(4-2)25-31-23(27)22(32(25)21-8-5-15-28-24(21)30-20)17-9-11-18(12-10-17)26(29-16-33)13-6-14-26/h3-5,7-12,15-16H,2,6,13-14H2,1H3,(H,28,30)(H,29,33)/b7-3-. The van der Waals surface area contributed by atoms with Gasteiger partial charge in [0.15, 0.2) is 5.82 Å². The van der Waals surface area contributed by atoms with E-state index in [2.05, 4.69) is 67.0 Å². The van der Waals surface area contributed by atoms with Gasteiger partial charge in [0.2, 0.25) is 6.41 Å². The van der Waals surface area contributed by atoms with Gasteiger partial charge in [-0.05, 0) is 65.9 Å². The van der Waals surface area contributed by atoms with Gasteiger partial charge in [0.1, 0.15) is 10.4 Å². The van der Waals surface area contributed by atoms with Crippen molar-refractivity contribution in [3.8, 4) is 16.9 Å². The number of allylic oxidation sites excluding steroid dienone is 4. The van der Waals surface area contributed by atoms with Crippen LogP contribution in [0.25, 0.3) is 22.5 Å². The van der Waals surface area contributed by atoms with Crippen LogP contribution in [0.3, 0.4) is 0 Å². The maximum Gasteiger partial charge on any atom is 0.207 e. The third-order valence-electron chi connectivity index (χ3n) is 6.44. The second-order valence-corrected chi connectivity index (χ2v) is 8.96. The second kappa shape index (κ2) is 8.48. The van der Waals surface area contributed by atoms with E-state index in [4.69, 9.17) is 4.98 Å². The summed E-state index contributed by atoms with van der Waals surface area (Å²) in [6.07, 6.45) is 11.4. The van der Waals surface area contributed by atoms with Crippen molar-refractivity contribution in [1.29, 1.82) is 0 Å². The number of halogens is 1. The minimum absolute atomic E-state index is 0.244. The lowest BCUT2D eigenvalue weighted by Gasteiger charge is -2.42. The highest BCUT2D eigenvalue weighted by Crippen LogP contribution is 2.43. The molecule has 3 heterocycles. The predicted molar refractivity (Wildman–Crippen MR) is 135 cm³/mol. The number of nitrogens with one attached hydrogen (secondary N) is 2. The van der Waals surface area contributed by atoms with Crippen LogP contribution in [-0.4, -0.2) is 20.9 Å². The molecule has 2 aliphatic rings. The molecule has 3 aromatic rings. The molecule has 2 aromatic heterocycles. The van der Waals surface area contributed by atoms with Crippen LogP contribution in [0.2, 0.25) is 0 Å². The first-order valence-corrected chi connectivity index (χ1v) is 11.7. The Kier molecular flexibility index (Phi) is 5.50. The highest BCUT2D eigenvalue weighted by molar-refractivity contribution is 9.10. The van der Waals surface area contributed by atoms with E-state index < -0.39 is 0 Å². The molecule has 1 aliphatic heterocycles. The summed E-state index contributed by atoms with van der Waals surface area (Å²) in [6, 6.07) is 12.3. The zero-order valence-electron chi connectivity index (χ0n) is 18.3. The fourth-order valence-corrected chi connectivity index (χ4v) is 5.23. The van der Waals surface area contributed by atoms with Crippen LogP contribution in [0.15, 0.2) is 77.7 Å². The maximum atomic E-state index is 11.2. The molecule has 1 amide bonds. The van der Waals surface area contributed by atoms with E-state index in [-0.39, 0.29) is 5.54 Å². The Morgan fingerprint density at radius 1 is 1.24 bits per heavy atom. The smallest absolute Gasteiger partial charge is 0.207 e. The molecular formula is C26H24BrN5O. The molecule has 0 saturated heterocycles. The molecule has 6 nitrogen and oxygen atoms in total. The van der Waals surface area contributed by atoms with Gasteiger partial charge in [0.25, 0.3) is 0 Å². The number of hydrogen-bond acceptors (Lipinski definition) is 4. The molecule has 1 saturated carbocycles. The number of nitrogens with zero attached hydrogens (tertiary/aromatic N) is 3. The zero-order chi connectivity index (χ0) is 23.0. The normalized spacial score (nSPS) is 16.3. The second-order valence-electron chi connectivity index (χ2n) is 8.21. The molecule has 0 atom stereocenters. The van der Waals surface area contributed by atoms with Gasteiger partial charge in [-0.3, -0.25) is 9.36 Å². The average molecular weight is 502 g/mol. The number of amides is 1. The first-order valence-electron chi connectivity index (χ1n) is 10.9. The summed E-state index contributed by atoms with van der Waals surface area (Å²) < 4.78 is 2.86. The fraction of sp³-hybridized carbons (Fsp3) is 0.192. The van der Waals surface area contributed by atoms with Crippen LogP contribution in [-0.2, 0) is 10.3 Å². The van der Waals surface area contributed by atoms with Gasteiger partial charge in [-0.2, -0.15) is 0 Å². The van der Waals surface area contributed by atoms with E-state index >= 15 is 0 Å². The minimum atomic E-state index is -0.244. The van der Waals surface area contributed by atoms with Gasteiger partial charge in [0, 0.05) is 17.3 Å². The van der Waals surface area contributed by atoms with Crippen molar-refractivity contribution in [1.82, 2.24) is 19.9 Å². The number of carbonyl (C=O) groups is 1. The van der Waals surface area contributed by atoms with E-state index in [9.17, 15) is 4.79 Å². The SMILES string of the molecule is C=CC1=C(/C=C\C)Nc2ncccc2-n2c1nc(Br)c2-c1ccc(C2(NC=O)CCC2)cc1. The quantitative estimate of drug-likeness (QED) is 0.423. The third-order valence-corrected chi connectivity index (χ3v) is 6.99. The fourth-order valence-electron chi connectivity index (χ4n) is 4.65. The van der Waals surface area contributed by atoms with Crippen molar-refractivity contribution in [2.24, 2.45) is 0 Å². The van der Waals surface area contributed by atoms with Crippen LogP contribution in [0.4, 0.5) is 5.82 Å². The summed E-state index contributed by atoms with van der Waals surface area (Å²) in [5.74, 6) is 1.52. The van der Waals surface area contributed by atoms with Crippen molar-refractivity contribution in [3.05, 3.63) is 89.1 Å². The molecule has 0 radical (unpaired) electrons. The molecule has 33 heavy (non-hydrogen) atoms. The number of benzene rings is 1. The number of aromatic nitrogens is 3. The lowest BCUT2D eigenvalue weighted by atomic mass is 9.72. The summed E-state index contributed by atoms with van der Waals surface area (Å²) in [5.41, 5.74) is 5.50. The van der Waals surface area contributed by atoms with Crippen molar-refractivity contribution in [2.45, 2.75) is 31.7 Å². The molecule has 7 heteroatoms. The van der Waals surface area contributed by atoms with Gasteiger partial charge in [-0.1, -0.05) is 43.0 Å². The van der Waals surface area contributed by atoms with E-state index in [0.29, 0.717) is 0 Å². The van der Waals surface area contributed by atoms with Crippen LogP contribution in [0.1, 0.15) is 37.6 Å². The van der Waals surface area contributed by atoms with Crippen molar-refractivity contribution >= 4 is 33.7 Å². The Balaban J connectivity index is 1.70. The largest absolute Gasteiger partial charge is 0.349 e. The Labute approximate surface area is 201 Å². The van der Waals surface area contributed by atoms with Gasteiger partial charge in [0.05, 0.1) is 22.6 Å². The molecule has 1 aliphatic carbocycles. The topological polar surface area (TPSA) is 71.8 Å². The van der Waals surface area contributed by atoms with Gasteiger partial charge in [-0.25, -0.2) is 9.97 Å². The molecule has 0 bridgehead atoms. The lowest BCUT2D eigenvalue weighted by Crippen LogP contribution is -2.47. The van der Waals surface area contributed by atoms with Gasteiger partial charge in [-0.15, -0.1) is 0 Å². The first kappa shape index (κ1) is 21.4. The molecular weight excluding hydrogens is 478 g/mol. The van der Waals surface area contributed by atoms with Crippen LogP contribution < -0.4 is 10.6 Å². The molecule has 5 rings (SSSR count). The predicted octanol–water partition coefficient (Wildman–Crippen LogP) is 5.72. The summed E-state index contributed by atoms with van der Waals surface area (Å²) in [5, 5.41) is 6.48. The van der Waals surface area contributed by atoms with Crippen molar-refractivity contribution in [2.75, 3.05) is 5.32 Å². The Morgan fingerprint density at radius 3 is 2.67 bits per heavy atom.